The fourth-order valence-corrected chi connectivity index (χ4v) is 4.75. The molecule has 5 nitrogen and oxygen atoms in total. The first kappa shape index (κ1) is 20.9. The number of carbonyl (C=O) groups is 2. The van der Waals surface area contributed by atoms with Crippen LogP contribution in [-0.4, -0.2) is 53.1 Å². The highest BCUT2D eigenvalue weighted by Gasteiger charge is 2.35. The van der Waals surface area contributed by atoms with E-state index in [9.17, 15) is 9.59 Å². The lowest BCUT2D eigenvalue weighted by atomic mass is 10.0. The van der Waals surface area contributed by atoms with Gasteiger partial charge < -0.3 is 14.5 Å². The average Bonchev–Trinajstić information content (AvgIpc) is 3.06. The summed E-state index contributed by atoms with van der Waals surface area (Å²) < 4.78 is 6.36. The lowest BCUT2D eigenvalue weighted by Gasteiger charge is -2.41. The van der Waals surface area contributed by atoms with Gasteiger partial charge in [0.15, 0.2) is 0 Å². The van der Waals surface area contributed by atoms with E-state index < -0.39 is 5.60 Å². The summed E-state index contributed by atoms with van der Waals surface area (Å²) in [5.41, 5.74) is 0.599. The average molecular weight is 465 g/mol. The van der Waals surface area contributed by atoms with Crippen molar-refractivity contribution in [1.29, 1.82) is 0 Å². The number of rotatable bonds is 3. The van der Waals surface area contributed by atoms with Crippen molar-refractivity contribution in [3.05, 3.63) is 56.7 Å². The summed E-state index contributed by atoms with van der Waals surface area (Å²) >= 11 is 4.90. The smallest absolute Gasteiger partial charge is 0.410 e. The van der Waals surface area contributed by atoms with Crippen LogP contribution in [0.3, 0.4) is 0 Å². The molecule has 2 amide bonds. The molecular weight excluding hydrogens is 440 g/mol. The molecule has 1 aromatic carbocycles. The Labute approximate surface area is 178 Å². The molecule has 0 radical (unpaired) electrons. The molecule has 1 unspecified atom stereocenters. The van der Waals surface area contributed by atoms with E-state index >= 15 is 0 Å². The number of carbonyl (C=O) groups excluding carboxylic acids is 2. The molecule has 3 rings (SSSR count). The summed E-state index contributed by atoms with van der Waals surface area (Å²) in [6.07, 6.45) is 0.365. The fraction of sp³-hybridized carbons (Fsp3) is 0.429. The van der Waals surface area contributed by atoms with Crippen molar-refractivity contribution in [2.45, 2.75) is 38.8 Å². The number of hydrogen-bond donors (Lipinski definition) is 0. The maximum atomic E-state index is 13.2. The minimum atomic E-state index is -0.541. The van der Waals surface area contributed by atoms with Crippen LogP contribution in [0.5, 0.6) is 0 Å². The van der Waals surface area contributed by atoms with Gasteiger partial charge in [0.2, 0.25) is 0 Å². The Morgan fingerprint density at radius 2 is 1.89 bits per heavy atom. The van der Waals surface area contributed by atoms with Gasteiger partial charge in [0.25, 0.3) is 5.91 Å². The first-order chi connectivity index (χ1) is 13.2. The number of halogens is 1. The van der Waals surface area contributed by atoms with E-state index in [1.165, 1.54) is 11.3 Å². The molecule has 2 aromatic rings. The Hall–Kier alpha value is -1.86. The van der Waals surface area contributed by atoms with Crippen molar-refractivity contribution in [3.63, 3.8) is 0 Å². The number of nitrogens with zero attached hydrogens (tertiary/aromatic N) is 2. The van der Waals surface area contributed by atoms with Gasteiger partial charge in [-0.2, -0.15) is 0 Å². The highest BCUT2D eigenvalue weighted by molar-refractivity contribution is 9.10. The maximum Gasteiger partial charge on any atom is 0.410 e. The fourth-order valence-electron chi connectivity index (χ4n) is 3.25. The van der Waals surface area contributed by atoms with E-state index in [0.717, 1.165) is 10.0 Å². The molecule has 1 saturated heterocycles. The third-order valence-corrected chi connectivity index (χ3v) is 6.35. The quantitative estimate of drug-likeness (QED) is 0.654. The van der Waals surface area contributed by atoms with Crippen molar-refractivity contribution in [2.75, 3.05) is 19.6 Å². The summed E-state index contributed by atoms with van der Waals surface area (Å²) in [5, 5.41) is 1.90. The summed E-state index contributed by atoms with van der Waals surface area (Å²) in [5.74, 6) is 0.00615. The predicted molar refractivity (Wildman–Crippen MR) is 115 cm³/mol. The van der Waals surface area contributed by atoms with E-state index in [1.54, 1.807) is 4.90 Å². The van der Waals surface area contributed by atoms with E-state index in [-0.39, 0.29) is 18.0 Å². The van der Waals surface area contributed by atoms with Crippen molar-refractivity contribution in [1.82, 2.24) is 9.80 Å². The van der Waals surface area contributed by atoms with Gasteiger partial charge in [0, 0.05) is 24.1 Å². The SMILES string of the molecule is CC(C)(C)OC(=O)N1CCN(C(=O)c2sccc2Br)C(Cc2ccccc2)C1. The molecule has 0 N–H and O–H groups in total. The van der Waals surface area contributed by atoms with Crippen molar-refractivity contribution in [2.24, 2.45) is 0 Å². The van der Waals surface area contributed by atoms with Crippen LogP contribution in [0.4, 0.5) is 4.79 Å². The van der Waals surface area contributed by atoms with Crippen LogP contribution in [0, 0.1) is 0 Å². The minimum absolute atomic E-state index is 0.00615. The van der Waals surface area contributed by atoms with Crippen LogP contribution in [-0.2, 0) is 11.2 Å². The maximum absolute atomic E-state index is 13.2. The molecule has 0 saturated carbocycles. The first-order valence-corrected chi connectivity index (χ1v) is 11.0. The first-order valence-electron chi connectivity index (χ1n) is 9.30. The summed E-state index contributed by atoms with van der Waals surface area (Å²) in [7, 11) is 0. The summed E-state index contributed by atoms with van der Waals surface area (Å²) in [6.45, 7) is 6.99. The Morgan fingerprint density at radius 3 is 2.50 bits per heavy atom. The zero-order chi connectivity index (χ0) is 20.3. The van der Waals surface area contributed by atoms with Crippen LogP contribution in [0.2, 0.25) is 0 Å². The lowest BCUT2D eigenvalue weighted by Crippen LogP contribution is -2.57. The molecule has 28 heavy (non-hydrogen) atoms. The van der Waals surface area contributed by atoms with Crippen LogP contribution in [0.15, 0.2) is 46.3 Å². The highest BCUT2D eigenvalue weighted by Crippen LogP contribution is 2.27. The van der Waals surface area contributed by atoms with Crippen molar-refractivity contribution >= 4 is 39.3 Å². The Bertz CT molecular complexity index is 832. The Balaban J connectivity index is 1.80. The Kier molecular flexibility index (Phi) is 6.45. The largest absolute Gasteiger partial charge is 0.444 e. The second kappa shape index (κ2) is 8.66. The van der Waals surface area contributed by atoms with Gasteiger partial charge in [-0.25, -0.2) is 4.79 Å². The topological polar surface area (TPSA) is 49.9 Å². The standard InChI is InChI=1S/C21H25BrN2O3S/c1-21(2,3)27-20(26)23-10-11-24(19(25)18-17(22)9-12-28-18)16(14-23)13-15-7-5-4-6-8-15/h4-9,12,16H,10-11,13-14H2,1-3H3. The zero-order valence-corrected chi connectivity index (χ0v) is 18.8. The minimum Gasteiger partial charge on any atom is -0.444 e. The number of thiophene rings is 1. The van der Waals surface area contributed by atoms with Gasteiger partial charge in [0.1, 0.15) is 10.5 Å². The second-order valence-corrected chi connectivity index (χ2v) is 9.64. The molecule has 150 valence electrons. The zero-order valence-electron chi connectivity index (χ0n) is 16.4. The second-order valence-electron chi connectivity index (χ2n) is 7.87. The Morgan fingerprint density at radius 1 is 1.18 bits per heavy atom. The van der Waals surface area contributed by atoms with Crippen molar-refractivity contribution < 1.29 is 14.3 Å². The monoisotopic (exact) mass is 464 g/mol. The van der Waals surface area contributed by atoms with Crippen molar-refractivity contribution in [3.8, 4) is 0 Å². The number of ether oxygens (including phenoxy) is 1. The van der Waals surface area contributed by atoms with E-state index in [1.807, 2.05) is 55.3 Å². The molecule has 1 aromatic heterocycles. The van der Waals surface area contributed by atoms with E-state index in [4.69, 9.17) is 4.74 Å². The van der Waals surface area contributed by atoms with Gasteiger partial charge in [0.05, 0.1) is 6.04 Å². The van der Waals surface area contributed by atoms with Gasteiger partial charge in [-0.1, -0.05) is 30.3 Å². The molecule has 0 bridgehead atoms. The molecule has 0 spiro atoms. The van der Waals surface area contributed by atoms with Crippen LogP contribution >= 0.6 is 27.3 Å². The number of amides is 2. The van der Waals surface area contributed by atoms with Gasteiger partial charge in [-0.05, 0) is 60.1 Å². The normalized spacial score (nSPS) is 17.5. The van der Waals surface area contributed by atoms with E-state index in [2.05, 4.69) is 28.1 Å². The van der Waals surface area contributed by atoms with Gasteiger partial charge in [-0.3, -0.25) is 4.79 Å². The van der Waals surface area contributed by atoms with Gasteiger partial charge in [-0.15, -0.1) is 11.3 Å². The highest BCUT2D eigenvalue weighted by atomic mass is 79.9. The van der Waals surface area contributed by atoms with Gasteiger partial charge >= 0.3 is 6.09 Å². The number of benzene rings is 1. The molecule has 2 heterocycles. The number of piperazine rings is 1. The molecule has 1 aliphatic rings. The van der Waals surface area contributed by atoms with Crippen LogP contribution in [0.1, 0.15) is 36.0 Å². The third kappa shape index (κ3) is 5.14. The van der Waals surface area contributed by atoms with Crippen LogP contribution < -0.4 is 0 Å². The third-order valence-electron chi connectivity index (χ3n) is 4.52. The molecular formula is C21H25BrN2O3S. The van der Waals surface area contributed by atoms with Crippen LogP contribution in [0.25, 0.3) is 0 Å². The molecule has 1 aliphatic heterocycles. The predicted octanol–water partition coefficient (Wildman–Crippen LogP) is 4.81. The lowest BCUT2D eigenvalue weighted by molar-refractivity contribution is 0.00447. The molecule has 7 heteroatoms. The molecule has 0 aliphatic carbocycles. The molecule has 1 atom stereocenters. The summed E-state index contributed by atoms with van der Waals surface area (Å²) in [6, 6.07) is 11.8. The summed E-state index contributed by atoms with van der Waals surface area (Å²) in [4.78, 5) is 30.0. The number of hydrogen-bond acceptors (Lipinski definition) is 4. The van der Waals surface area contributed by atoms with E-state index in [0.29, 0.717) is 30.9 Å². The molecule has 1 fully saturated rings.